The Morgan fingerprint density at radius 2 is 1.93 bits per heavy atom. The second-order valence-electron chi connectivity index (χ2n) is 6.80. The van der Waals surface area contributed by atoms with Gasteiger partial charge in [0.2, 0.25) is 5.91 Å². The Morgan fingerprint density at radius 1 is 1.22 bits per heavy atom. The number of alkyl halides is 3. The summed E-state index contributed by atoms with van der Waals surface area (Å²) in [6.45, 7) is 0.613. The Bertz CT molecular complexity index is 784. The maximum atomic E-state index is 13.3. The number of halogens is 3. The number of pyridine rings is 1. The smallest absolute Gasteiger partial charge is 0.345 e. The van der Waals surface area contributed by atoms with Gasteiger partial charge in [-0.3, -0.25) is 9.69 Å². The van der Waals surface area contributed by atoms with Crippen molar-refractivity contribution in [3.63, 3.8) is 0 Å². The van der Waals surface area contributed by atoms with Crippen LogP contribution >= 0.6 is 12.2 Å². The number of amides is 1. The second kappa shape index (κ2) is 7.80. The molecule has 1 saturated heterocycles. The van der Waals surface area contributed by atoms with E-state index in [4.69, 9.17) is 17.5 Å². The van der Waals surface area contributed by atoms with Crippen LogP contribution in [0.3, 0.4) is 0 Å². The summed E-state index contributed by atoms with van der Waals surface area (Å²) in [6, 6.07) is 2.44. The molecule has 1 aromatic heterocycles. The number of hydrogen-bond acceptors (Lipinski definition) is 4. The lowest BCUT2D eigenvalue weighted by molar-refractivity contribution is -0.138. The van der Waals surface area contributed by atoms with E-state index >= 15 is 0 Å². The fraction of sp³-hybridized carbons (Fsp3) is 0.556. The van der Waals surface area contributed by atoms with E-state index in [0.29, 0.717) is 13.0 Å². The largest absolute Gasteiger partial charge is 0.419 e. The maximum absolute atomic E-state index is 13.3. The molecule has 0 N–H and O–H groups in total. The summed E-state index contributed by atoms with van der Waals surface area (Å²) in [5.41, 5.74) is -1.92. The van der Waals surface area contributed by atoms with Crippen LogP contribution in [-0.4, -0.2) is 33.5 Å². The van der Waals surface area contributed by atoms with Crippen LogP contribution in [0.2, 0.25) is 0 Å². The summed E-state index contributed by atoms with van der Waals surface area (Å²) >= 11 is 5.53. The molecule has 1 aliphatic carbocycles. The molecule has 2 aliphatic rings. The number of hydrogen-bond donors (Lipinski definition) is 0. The van der Waals surface area contributed by atoms with Crippen LogP contribution in [0.5, 0.6) is 0 Å². The zero-order valence-electron chi connectivity index (χ0n) is 14.6. The van der Waals surface area contributed by atoms with Gasteiger partial charge in [0.25, 0.3) is 0 Å². The first-order chi connectivity index (χ1) is 12.8. The van der Waals surface area contributed by atoms with Crippen LogP contribution < -0.4 is 4.90 Å². The van der Waals surface area contributed by atoms with E-state index in [1.807, 2.05) is 4.90 Å². The van der Waals surface area contributed by atoms with Crippen LogP contribution in [0, 0.1) is 11.3 Å². The molecule has 3 rings (SSSR count). The van der Waals surface area contributed by atoms with E-state index in [-0.39, 0.29) is 29.2 Å². The summed E-state index contributed by atoms with van der Waals surface area (Å²) in [6.07, 6.45) is 2.41. The zero-order valence-corrected chi connectivity index (χ0v) is 15.4. The zero-order chi connectivity index (χ0) is 19.6. The van der Waals surface area contributed by atoms with Crippen LogP contribution in [0.1, 0.15) is 56.2 Å². The van der Waals surface area contributed by atoms with Gasteiger partial charge in [-0.05, 0) is 37.5 Å². The third-order valence-corrected chi connectivity index (χ3v) is 5.45. The van der Waals surface area contributed by atoms with Crippen molar-refractivity contribution < 1.29 is 18.0 Å². The predicted octanol–water partition coefficient (Wildman–Crippen LogP) is 4.02. The molecule has 144 valence electrons. The molecular formula is C18H19F3N4OS. The van der Waals surface area contributed by atoms with Gasteiger partial charge in [0.1, 0.15) is 6.07 Å². The molecule has 9 heteroatoms. The summed E-state index contributed by atoms with van der Waals surface area (Å²) in [7, 11) is 0. The van der Waals surface area contributed by atoms with Crippen molar-refractivity contribution in [2.45, 2.75) is 57.2 Å². The molecule has 0 atom stereocenters. The lowest BCUT2D eigenvalue weighted by atomic mass is 9.94. The van der Waals surface area contributed by atoms with Crippen LogP contribution in [0.15, 0.2) is 12.3 Å². The van der Waals surface area contributed by atoms with E-state index in [0.717, 1.165) is 49.3 Å². The second-order valence-corrected chi connectivity index (χ2v) is 7.16. The third-order valence-electron chi connectivity index (χ3n) is 5.03. The average Bonchev–Trinajstić information content (AvgIpc) is 2.79. The Labute approximate surface area is 160 Å². The standard InChI is InChI=1S/C18H19F3N4OS/c19-18(20,21)14-9-13(11-23-15(14)10-22)25-16(26)7-4-8-24(17(25)27)12-5-2-1-3-6-12/h9,11-12H,1-8H2. The van der Waals surface area contributed by atoms with Crippen LogP contribution in [0.4, 0.5) is 18.9 Å². The minimum Gasteiger partial charge on any atom is -0.345 e. The van der Waals surface area contributed by atoms with E-state index in [1.165, 1.54) is 6.07 Å². The van der Waals surface area contributed by atoms with Gasteiger partial charge in [0.05, 0.1) is 17.4 Å². The highest BCUT2D eigenvalue weighted by Gasteiger charge is 2.37. The Balaban J connectivity index is 1.99. The lowest BCUT2D eigenvalue weighted by Gasteiger charge is -2.37. The van der Waals surface area contributed by atoms with Gasteiger partial charge in [-0.1, -0.05) is 19.3 Å². The van der Waals surface area contributed by atoms with Crippen molar-refractivity contribution in [3.05, 3.63) is 23.5 Å². The van der Waals surface area contributed by atoms with Crippen molar-refractivity contribution in [2.24, 2.45) is 0 Å². The summed E-state index contributed by atoms with van der Waals surface area (Å²) < 4.78 is 39.9. The molecule has 2 fully saturated rings. The first kappa shape index (κ1) is 19.5. The highest BCUT2D eigenvalue weighted by molar-refractivity contribution is 7.80. The summed E-state index contributed by atoms with van der Waals surface area (Å²) in [5.74, 6) is -0.349. The molecular weight excluding hydrogens is 377 g/mol. The molecule has 2 heterocycles. The molecule has 1 aromatic rings. The van der Waals surface area contributed by atoms with Gasteiger partial charge < -0.3 is 4.90 Å². The van der Waals surface area contributed by atoms with Crippen LogP contribution in [0.25, 0.3) is 0 Å². The SMILES string of the molecule is N#Cc1ncc(N2C(=O)CCCN(C3CCCCC3)C2=S)cc1C(F)(F)F. The highest BCUT2D eigenvalue weighted by atomic mass is 32.1. The van der Waals surface area contributed by atoms with Gasteiger partial charge in [0.15, 0.2) is 10.8 Å². The molecule has 0 radical (unpaired) electrons. The van der Waals surface area contributed by atoms with Crippen molar-refractivity contribution in [1.29, 1.82) is 5.26 Å². The topological polar surface area (TPSA) is 60.2 Å². The van der Waals surface area contributed by atoms with Crippen molar-refractivity contribution in [1.82, 2.24) is 9.88 Å². The Kier molecular flexibility index (Phi) is 5.65. The minimum atomic E-state index is -4.74. The third kappa shape index (κ3) is 4.05. The van der Waals surface area contributed by atoms with Crippen LogP contribution in [-0.2, 0) is 11.0 Å². The van der Waals surface area contributed by atoms with Crippen molar-refractivity contribution in [2.75, 3.05) is 11.4 Å². The normalized spacial score (nSPS) is 19.8. The molecule has 1 saturated carbocycles. The average molecular weight is 396 g/mol. The first-order valence-electron chi connectivity index (χ1n) is 8.94. The molecule has 0 unspecified atom stereocenters. The van der Waals surface area contributed by atoms with Gasteiger partial charge in [-0.15, -0.1) is 0 Å². The van der Waals surface area contributed by atoms with Crippen molar-refractivity contribution in [3.8, 4) is 6.07 Å². The fourth-order valence-electron chi connectivity index (χ4n) is 3.71. The Morgan fingerprint density at radius 3 is 2.56 bits per heavy atom. The fourth-order valence-corrected chi connectivity index (χ4v) is 4.16. The number of carbonyl (C=O) groups excluding carboxylic acids is 1. The van der Waals surface area contributed by atoms with Gasteiger partial charge in [-0.25, -0.2) is 4.98 Å². The lowest BCUT2D eigenvalue weighted by Crippen LogP contribution is -2.49. The highest BCUT2D eigenvalue weighted by Crippen LogP contribution is 2.35. The quantitative estimate of drug-likeness (QED) is 0.707. The van der Waals surface area contributed by atoms with Gasteiger partial charge >= 0.3 is 6.18 Å². The number of nitrogens with zero attached hydrogens (tertiary/aromatic N) is 4. The molecule has 1 aliphatic heterocycles. The molecule has 1 amide bonds. The maximum Gasteiger partial charge on any atom is 0.419 e. The van der Waals surface area contributed by atoms with Gasteiger partial charge in [0, 0.05) is 19.0 Å². The number of rotatable bonds is 2. The number of thiocarbonyl (C=S) groups is 1. The number of carbonyl (C=O) groups is 1. The molecule has 0 bridgehead atoms. The number of nitriles is 1. The van der Waals surface area contributed by atoms with E-state index < -0.39 is 17.4 Å². The van der Waals surface area contributed by atoms with E-state index in [1.54, 1.807) is 0 Å². The number of anilines is 1. The monoisotopic (exact) mass is 396 g/mol. The predicted molar refractivity (Wildman–Crippen MR) is 96.9 cm³/mol. The summed E-state index contributed by atoms with van der Waals surface area (Å²) in [4.78, 5) is 19.4. The molecule has 0 aromatic carbocycles. The molecule has 27 heavy (non-hydrogen) atoms. The Hall–Kier alpha value is -2.21. The molecule has 5 nitrogen and oxygen atoms in total. The molecule has 0 spiro atoms. The van der Waals surface area contributed by atoms with E-state index in [9.17, 15) is 18.0 Å². The first-order valence-corrected chi connectivity index (χ1v) is 9.34. The minimum absolute atomic E-state index is 0.0426. The summed E-state index contributed by atoms with van der Waals surface area (Å²) in [5, 5.41) is 9.14. The van der Waals surface area contributed by atoms with Gasteiger partial charge in [-0.2, -0.15) is 18.4 Å². The van der Waals surface area contributed by atoms with E-state index in [2.05, 4.69) is 4.98 Å². The van der Waals surface area contributed by atoms with Crippen molar-refractivity contribution >= 4 is 28.9 Å². The number of aromatic nitrogens is 1.